The summed E-state index contributed by atoms with van der Waals surface area (Å²) in [4.78, 5) is 4.71. The molecule has 0 N–H and O–H groups in total. The molecule has 3 rings (SSSR count). The summed E-state index contributed by atoms with van der Waals surface area (Å²) >= 11 is 0. The Hall–Kier alpha value is -0.210. The first-order valence-electron chi connectivity index (χ1n) is 9.14. The maximum atomic E-state index is 12.6. The average Bonchev–Trinajstić information content (AvgIpc) is 3.08. The number of nitrogens with zero attached hydrogens (tertiary/aromatic N) is 3. The van der Waals surface area contributed by atoms with Gasteiger partial charge in [-0.25, -0.2) is 12.7 Å². The van der Waals surface area contributed by atoms with Crippen LogP contribution in [0.3, 0.4) is 0 Å². The van der Waals surface area contributed by atoms with E-state index in [9.17, 15) is 8.42 Å². The van der Waals surface area contributed by atoms with Gasteiger partial charge in [-0.15, -0.1) is 0 Å². The van der Waals surface area contributed by atoms with Gasteiger partial charge < -0.3 is 9.64 Å². The highest BCUT2D eigenvalue weighted by molar-refractivity contribution is 7.89. The van der Waals surface area contributed by atoms with E-state index in [0.717, 1.165) is 58.8 Å². The van der Waals surface area contributed by atoms with Crippen molar-refractivity contribution in [3.63, 3.8) is 0 Å². The summed E-state index contributed by atoms with van der Waals surface area (Å²) in [5.41, 5.74) is 0. The third-order valence-electron chi connectivity index (χ3n) is 5.36. The average molecular weight is 346 g/mol. The SMILES string of the molecule is O=S(=O)(CCN1CCCC1)N1CCCC(CN2CCOCC2)C1. The van der Waals surface area contributed by atoms with Crippen LogP contribution >= 0.6 is 0 Å². The summed E-state index contributed by atoms with van der Waals surface area (Å²) in [6.07, 6.45) is 4.57. The molecule has 0 spiro atoms. The van der Waals surface area contributed by atoms with Gasteiger partial charge in [-0.1, -0.05) is 0 Å². The largest absolute Gasteiger partial charge is 0.379 e. The van der Waals surface area contributed by atoms with E-state index in [4.69, 9.17) is 4.74 Å². The zero-order valence-corrected chi connectivity index (χ0v) is 15.0. The Kier molecular flexibility index (Phi) is 6.31. The lowest BCUT2D eigenvalue weighted by Gasteiger charge is -2.36. The number of likely N-dealkylation sites (tertiary alicyclic amines) is 1. The molecule has 0 bridgehead atoms. The predicted octanol–water partition coefficient (Wildman–Crippen LogP) is 0.456. The number of sulfonamides is 1. The molecule has 0 saturated carbocycles. The Balaban J connectivity index is 1.47. The van der Waals surface area contributed by atoms with Crippen LogP contribution in [0.2, 0.25) is 0 Å². The lowest BCUT2D eigenvalue weighted by atomic mass is 9.99. The Morgan fingerprint density at radius 3 is 2.39 bits per heavy atom. The highest BCUT2D eigenvalue weighted by Crippen LogP contribution is 2.21. The van der Waals surface area contributed by atoms with Crippen LogP contribution in [-0.4, -0.2) is 93.8 Å². The molecule has 1 unspecified atom stereocenters. The number of morpholine rings is 1. The van der Waals surface area contributed by atoms with Crippen LogP contribution in [0.5, 0.6) is 0 Å². The van der Waals surface area contributed by atoms with Crippen LogP contribution < -0.4 is 0 Å². The number of hydrogen-bond acceptors (Lipinski definition) is 5. The van der Waals surface area contributed by atoms with Gasteiger partial charge in [-0.3, -0.25) is 4.90 Å². The van der Waals surface area contributed by atoms with Gasteiger partial charge in [0, 0.05) is 39.3 Å². The van der Waals surface area contributed by atoms with Crippen molar-refractivity contribution in [3.8, 4) is 0 Å². The van der Waals surface area contributed by atoms with Gasteiger partial charge in [0.2, 0.25) is 10.0 Å². The van der Waals surface area contributed by atoms with Crippen molar-refractivity contribution in [3.05, 3.63) is 0 Å². The van der Waals surface area contributed by atoms with E-state index in [1.54, 1.807) is 4.31 Å². The van der Waals surface area contributed by atoms with Crippen LogP contribution in [0.1, 0.15) is 25.7 Å². The lowest BCUT2D eigenvalue weighted by Crippen LogP contribution is -2.47. The van der Waals surface area contributed by atoms with Gasteiger partial charge in [-0.05, 0) is 44.7 Å². The standard InChI is InChI=1S/C16H31N3O3S/c20-23(21,13-10-17-5-1-2-6-17)19-7-3-4-16(15-19)14-18-8-11-22-12-9-18/h16H,1-15H2. The topological polar surface area (TPSA) is 53.1 Å². The second kappa shape index (κ2) is 8.25. The number of piperidine rings is 1. The highest BCUT2D eigenvalue weighted by Gasteiger charge is 2.30. The minimum atomic E-state index is -3.10. The molecule has 7 heteroatoms. The van der Waals surface area contributed by atoms with Gasteiger partial charge >= 0.3 is 0 Å². The van der Waals surface area contributed by atoms with Crippen LogP contribution in [0.25, 0.3) is 0 Å². The fourth-order valence-electron chi connectivity index (χ4n) is 3.96. The van der Waals surface area contributed by atoms with Crippen molar-refractivity contribution in [2.75, 3.05) is 71.3 Å². The quantitative estimate of drug-likeness (QED) is 0.700. The molecular formula is C16H31N3O3S. The molecule has 23 heavy (non-hydrogen) atoms. The maximum Gasteiger partial charge on any atom is 0.215 e. The van der Waals surface area contributed by atoms with E-state index in [1.807, 2.05) is 0 Å². The lowest BCUT2D eigenvalue weighted by molar-refractivity contribution is 0.0265. The van der Waals surface area contributed by atoms with Crippen molar-refractivity contribution in [2.45, 2.75) is 25.7 Å². The normalized spacial score (nSPS) is 29.1. The smallest absolute Gasteiger partial charge is 0.215 e. The molecule has 0 aromatic heterocycles. The first-order valence-corrected chi connectivity index (χ1v) is 10.7. The summed E-state index contributed by atoms with van der Waals surface area (Å²) in [6, 6.07) is 0. The Morgan fingerprint density at radius 2 is 1.65 bits per heavy atom. The molecule has 3 heterocycles. The summed E-state index contributed by atoms with van der Waals surface area (Å²) in [6.45, 7) is 8.85. The minimum Gasteiger partial charge on any atom is -0.379 e. The molecule has 0 aromatic rings. The fourth-order valence-corrected chi connectivity index (χ4v) is 5.55. The van der Waals surface area contributed by atoms with Gasteiger partial charge in [0.05, 0.1) is 19.0 Å². The van der Waals surface area contributed by atoms with Crippen molar-refractivity contribution in [1.82, 2.24) is 14.1 Å². The monoisotopic (exact) mass is 345 g/mol. The summed E-state index contributed by atoms with van der Waals surface area (Å²) in [7, 11) is -3.10. The zero-order chi connectivity index (χ0) is 16.1. The molecule has 0 aliphatic carbocycles. The van der Waals surface area contributed by atoms with E-state index < -0.39 is 10.0 Å². The molecule has 3 saturated heterocycles. The van der Waals surface area contributed by atoms with E-state index in [1.165, 1.54) is 12.8 Å². The van der Waals surface area contributed by atoms with Crippen LogP contribution in [-0.2, 0) is 14.8 Å². The van der Waals surface area contributed by atoms with Gasteiger partial charge in [-0.2, -0.15) is 0 Å². The summed E-state index contributed by atoms with van der Waals surface area (Å²) in [5.74, 6) is 0.764. The van der Waals surface area contributed by atoms with Crippen molar-refractivity contribution >= 4 is 10.0 Å². The van der Waals surface area contributed by atoms with Gasteiger partial charge in [0.25, 0.3) is 0 Å². The third-order valence-corrected chi connectivity index (χ3v) is 7.18. The second-order valence-electron chi connectivity index (χ2n) is 7.14. The Labute approximate surface area is 140 Å². The van der Waals surface area contributed by atoms with Crippen LogP contribution in [0.15, 0.2) is 0 Å². The molecule has 0 radical (unpaired) electrons. The molecule has 3 fully saturated rings. The minimum absolute atomic E-state index is 0.289. The van der Waals surface area contributed by atoms with E-state index in [2.05, 4.69) is 9.80 Å². The van der Waals surface area contributed by atoms with Gasteiger partial charge in [0.1, 0.15) is 0 Å². The predicted molar refractivity (Wildman–Crippen MR) is 91.0 cm³/mol. The van der Waals surface area contributed by atoms with E-state index in [0.29, 0.717) is 25.6 Å². The Morgan fingerprint density at radius 1 is 0.913 bits per heavy atom. The van der Waals surface area contributed by atoms with Crippen LogP contribution in [0.4, 0.5) is 0 Å². The molecule has 1 atom stereocenters. The highest BCUT2D eigenvalue weighted by atomic mass is 32.2. The first-order chi connectivity index (χ1) is 11.1. The molecule has 6 nitrogen and oxygen atoms in total. The number of rotatable bonds is 6. The molecule has 134 valence electrons. The zero-order valence-electron chi connectivity index (χ0n) is 14.2. The molecule has 0 aromatic carbocycles. The third kappa shape index (κ3) is 5.13. The summed E-state index contributed by atoms with van der Waals surface area (Å²) in [5, 5.41) is 0. The first kappa shape index (κ1) is 17.6. The van der Waals surface area contributed by atoms with Crippen molar-refractivity contribution in [2.24, 2.45) is 5.92 Å². The Bertz CT molecular complexity index is 459. The van der Waals surface area contributed by atoms with E-state index >= 15 is 0 Å². The second-order valence-corrected chi connectivity index (χ2v) is 9.23. The van der Waals surface area contributed by atoms with Crippen molar-refractivity contribution < 1.29 is 13.2 Å². The van der Waals surface area contributed by atoms with Gasteiger partial charge in [0.15, 0.2) is 0 Å². The molecule has 3 aliphatic heterocycles. The number of ether oxygens (including phenoxy) is 1. The molecule has 0 amide bonds. The van der Waals surface area contributed by atoms with E-state index in [-0.39, 0.29) is 5.75 Å². The maximum absolute atomic E-state index is 12.6. The van der Waals surface area contributed by atoms with Crippen LogP contribution in [0, 0.1) is 5.92 Å². The molecular weight excluding hydrogens is 314 g/mol. The number of hydrogen-bond donors (Lipinski definition) is 0. The molecule has 3 aliphatic rings. The van der Waals surface area contributed by atoms with Crippen molar-refractivity contribution in [1.29, 1.82) is 0 Å². The summed E-state index contributed by atoms with van der Waals surface area (Å²) < 4.78 is 32.4. The fraction of sp³-hybridized carbons (Fsp3) is 1.00.